The quantitative estimate of drug-likeness (QED) is 0.755. The number of aromatic nitrogens is 1. The largest absolute Gasteiger partial charge is 0.361 e. The molecule has 0 radical (unpaired) electrons. The Morgan fingerprint density at radius 2 is 2.31 bits per heavy atom. The standard InChI is InChI=1S/C9H14N2OS/c1-6(2)4-10-9-11-7(3)8(5-12)13-9/h5-6H,4H2,1-3H3,(H,10,11). The highest BCUT2D eigenvalue weighted by Gasteiger charge is 2.05. The van der Waals surface area contributed by atoms with E-state index >= 15 is 0 Å². The van der Waals surface area contributed by atoms with Gasteiger partial charge in [0.05, 0.1) is 10.6 Å². The van der Waals surface area contributed by atoms with Crippen molar-refractivity contribution in [3.05, 3.63) is 10.6 Å². The summed E-state index contributed by atoms with van der Waals surface area (Å²) >= 11 is 1.41. The van der Waals surface area contributed by atoms with Gasteiger partial charge in [-0.2, -0.15) is 0 Å². The van der Waals surface area contributed by atoms with Gasteiger partial charge in [-0.3, -0.25) is 4.79 Å². The van der Waals surface area contributed by atoms with Gasteiger partial charge in [0.25, 0.3) is 0 Å². The van der Waals surface area contributed by atoms with Gasteiger partial charge in [0, 0.05) is 6.54 Å². The Bertz CT molecular complexity index is 294. The van der Waals surface area contributed by atoms with Gasteiger partial charge in [-0.15, -0.1) is 0 Å². The molecule has 1 N–H and O–H groups in total. The average molecular weight is 198 g/mol. The van der Waals surface area contributed by atoms with E-state index in [9.17, 15) is 4.79 Å². The number of hydrogen-bond acceptors (Lipinski definition) is 4. The van der Waals surface area contributed by atoms with Gasteiger partial charge in [0.1, 0.15) is 0 Å². The molecule has 0 saturated heterocycles. The number of nitrogens with zero attached hydrogens (tertiary/aromatic N) is 1. The van der Waals surface area contributed by atoms with Crippen molar-refractivity contribution in [3.8, 4) is 0 Å². The summed E-state index contributed by atoms with van der Waals surface area (Å²) in [6, 6.07) is 0. The Kier molecular flexibility index (Phi) is 3.42. The lowest BCUT2D eigenvalue weighted by molar-refractivity contribution is 0.112. The molecule has 1 aromatic heterocycles. The van der Waals surface area contributed by atoms with Crippen LogP contribution in [0, 0.1) is 12.8 Å². The molecule has 0 bridgehead atoms. The minimum atomic E-state index is 0.587. The summed E-state index contributed by atoms with van der Waals surface area (Å²) in [5, 5.41) is 4.03. The molecule has 1 rings (SSSR count). The molecule has 0 amide bonds. The number of carbonyl (C=O) groups is 1. The second kappa shape index (κ2) is 4.37. The lowest BCUT2D eigenvalue weighted by Gasteiger charge is -2.04. The average Bonchev–Trinajstić information content (AvgIpc) is 2.43. The number of carbonyl (C=O) groups excluding carboxylic acids is 1. The fourth-order valence-electron chi connectivity index (χ4n) is 0.885. The van der Waals surface area contributed by atoms with Crippen molar-refractivity contribution in [3.63, 3.8) is 0 Å². The molecule has 72 valence electrons. The Balaban J connectivity index is 2.63. The monoisotopic (exact) mass is 198 g/mol. The van der Waals surface area contributed by atoms with Crippen LogP contribution in [0.15, 0.2) is 0 Å². The molecule has 4 heteroatoms. The molecule has 0 saturated carbocycles. The van der Waals surface area contributed by atoms with E-state index in [1.807, 2.05) is 6.92 Å². The van der Waals surface area contributed by atoms with E-state index in [1.165, 1.54) is 11.3 Å². The maximum absolute atomic E-state index is 10.5. The zero-order valence-electron chi connectivity index (χ0n) is 8.13. The molecule has 0 aliphatic rings. The first-order chi connectivity index (χ1) is 6.13. The topological polar surface area (TPSA) is 42.0 Å². The van der Waals surface area contributed by atoms with Crippen LogP contribution in [0.25, 0.3) is 0 Å². The third kappa shape index (κ3) is 2.81. The van der Waals surface area contributed by atoms with Gasteiger partial charge in [-0.1, -0.05) is 25.2 Å². The summed E-state index contributed by atoms with van der Waals surface area (Å²) in [7, 11) is 0. The van der Waals surface area contributed by atoms with E-state index < -0.39 is 0 Å². The number of hydrogen-bond donors (Lipinski definition) is 1. The number of rotatable bonds is 4. The molecule has 0 aromatic carbocycles. The zero-order valence-corrected chi connectivity index (χ0v) is 8.94. The lowest BCUT2D eigenvalue weighted by atomic mass is 10.2. The molecule has 0 unspecified atom stereocenters. The van der Waals surface area contributed by atoms with Crippen molar-refractivity contribution < 1.29 is 4.79 Å². The number of aldehydes is 1. The highest BCUT2D eigenvalue weighted by atomic mass is 32.1. The van der Waals surface area contributed by atoms with Crippen molar-refractivity contribution in [2.24, 2.45) is 5.92 Å². The molecule has 3 nitrogen and oxygen atoms in total. The maximum atomic E-state index is 10.5. The van der Waals surface area contributed by atoms with Crippen molar-refractivity contribution in [2.75, 3.05) is 11.9 Å². The van der Waals surface area contributed by atoms with Crippen molar-refractivity contribution in [1.82, 2.24) is 4.98 Å². The first kappa shape index (κ1) is 10.2. The second-order valence-electron chi connectivity index (χ2n) is 3.36. The molecule has 13 heavy (non-hydrogen) atoms. The Labute approximate surface area is 82.2 Å². The van der Waals surface area contributed by atoms with Gasteiger partial charge >= 0.3 is 0 Å². The molecule has 0 atom stereocenters. The van der Waals surface area contributed by atoms with Crippen LogP contribution in [0.3, 0.4) is 0 Å². The first-order valence-electron chi connectivity index (χ1n) is 4.30. The Hall–Kier alpha value is -0.900. The van der Waals surface area contributed by atoms with E-state index in [-0.39, 0.29) is 0 Å². The fraction of sp³-hybridized carbons (Fsp3) is 0.556. The van der Waals surface area contributed by atoms with Crippen molar-refractivity contribution in [2.45, 2.75) is 20.8 Å². The molecule has 0 spiro atoms. The minimum Gasteiger partial charge on any atom is -0.361 e. The molecule has 0 aliphatic carbocycles. The smallest absolute Gasteiger partial charge is 0.183 e. The fourth-order valence-corrected chi connectivity index (χ4v) is 1.67. The summed E-state index contributed by atoms with van der Waals surface area (Å²) in [6.45, 7) is 7.01. The van der Waals surface area contributed by atoms with Gasteiger partial charge < -0.3 is 5.32 Å². The summed E-state index contributed by atoms with van der Waals surface area (Å²) in [4.78, 5) is 15.5. The van der Waals surface area contributed by atoms with Crippen molar-refractivity contribution >= 4 is 22.8 Å². The van der Waals surface area contributed by atoms with Gasteiger partial charge in [0.2, 0.25) is 0 Å². The first-order valence-corrected chi connectivity index (χ1v) is 5.11. The third-order valence-electron chi connectivity index (χ3n) is 1.60. The number of nitrogens with one attached hydrogen (secondary N) is 1. The molecule has 0 aliphatic heterocycles. The number of thiazole rings is 1. The molecular weight excluding hydrogens is 184 g/mol. The van der Waals surface area contributed by atoms with Crippen LogP contribution in [0.4, 0.5) is 5.13 Å². The predicted octanol–water partition coefficient (Wildman–Crippen LogP) is 2.33. The van der Waals surface area contributed by atoms with Crippen LogP contribution in [-0.4, -0.2) is 17.8 Å². The van der Waals surface area contributed by atoms with E-state index in [0.717, 1.165) is 23.7 Å². The predicted molar refractivity (Wildman–Crippen MR) is 55.6 cm³/mol. The molecule has 1 heterocycles. The van der Waals surface area contributed by atoms with E-state index in [0.29, 0.717) is 10.8 Å². The molecule has 1 aromatic rings. The SMILES string of the molecule is Cc1nc(NCC(C)C)sc1C=O. The van der Waals surface area contributed by atoms with Crippen molar-refractivity contribution in [1.29, 1.82) is 0 Å². The van der Waals surface area contributed by atoms with Crippen LogP contribution in [0.2, 0.25) is 0 Å². The number of anilines is 1. The van der Waals surface area contributed by atoms with Gasteiger partial charge in [0.15, 0.2) is 11.4 Å². The summed E-state index contributed by atoms with van der Waals surface area (Å²) < 4.78 is 0. The Morgan fingerprint density at radius 1 is 1.62 bits per heavy atom. The summed E-state index contributed by atoms with van der Waals surface area (Å²) in [6.07, 6.45) is 0.855. The second-order valence-corrected chi connectivity index (χ2v) is 4.39. The van der Waals surface area contributed by atoms with E-state index in [4.69, 9.17) is 0 Å². The minimum absolute atomic E-state index is 0.587. The highest BCUT2D eigenvalue weighted by Crippen LogP contribution is 2.20. The zero-order chi connectivity index (χ0) is 9.84. The molecule has 0 fully saturated rings. The van der Waals surface area contributed by atoms with E-state index in [1.54, 1.807) is 0 Å². The van der Waals surface area contributed by atoms with E-state index in [2.05, 4.69) is 24.1 Å². The summed E-state index contributed by atoms with van der Waals surface area (Å²) in [5.74, 6) is 0.587. The highest BCUT2D eigenvalue weighted by molar-refractivity contribution is 7.17. The van der Waals surface area contributed by atoms with Gasteiger partial charge in [-0.25, -0.2) is 4.98 Å². The normalized spacial score (nSPS) is 10.5. The summed E-state index contributed by atoms with van der Waals surface area (Å²) in [5.41, 5.74) is 0.811. The maximum Gasteiger partial charge on any atom is 0.183 e. The van der Waals surface area contributed by atoms with Crippen LogP contribution in [0.1, 0.15) is 29.2 Å². The number of aryl methyl sites for hydroxylation is 1. The molecular formula is C9H14N2OS. The lowest BCUT2D eigenvalue weighted by Crippen LogP contribution is -2.07. The van der Waals surface area contributed by atoms with Crippen LogP contribution in [-0.2, 0) is 0 Å². The van der Waals surface area contributed by atoms with Gasteiger partial charge in [-0.05, 0) is 12.8 Å². The van der Waals surface area contributed by atoms with Crippen LogP contribution < -0.4 is 5.32 Å². The van der Waals surface area contributed by atoms with Crippen LogP contribution >= 0.6 is 11.3 Å². The van der Waals surface area contributed by atoms with Crippen LogP contribution in [0.5, 0.6) is 0 Å². The Morgan fingerprint density at radius 3 is 2.77 bits per heavy atom. The third-order valence-corrected chi connectivity index (χ3v) is 2.64.